The van der Waals surface area contributed by atoms with E-state index in [2.05, 4.69) is 31.4 Å². The van der Waals surface area contributed by atoms with E-state index in [4.69, 9.17) is 0 Å². The van der Waals surface area contributed by atoms with Crippen molar-refractivity contribution in [3.63, 3.8) is 0 Å². The van der Waals surface area contributed by atoms with Crippen molar-refractivity contribution in [1.29, 1.82) is 0 Å². The van der Waals surface area contributed by atoms with Crippen LogP contribution >= 0.6 is 0 Å². The summed E-state index contributed by atoms with van der Waals surface area (Å²) in [5.41, 5.74) is 0. The molecular weight excluding hydrogens is 176 g/mol. The fraction of sp³-hybridized carbons (Fsp3) is 0.909. The van der Waals surface area contributed by atoms with E-state index in [1.807, 2.05) is 0 Å². The molecule has 0 aromatic heterocycles. The van der Waals surface area contributed by atoms with Crippen LogP contribution in [0.2, 0.25) is 0 Å². The SMILES string of the molecule is CCCNC(=O)CCNCCC(C)C. The number of amides is 1. The van der Waals surface area contributed by atoms with Crippen LogP contribution in [0.3, 0.4) is 0 Å². The van der Waals surface area contributed by atoms with Crippen molar-refractivity contribution >= 4 is 5.91 Å². The third kappa shape index (κ3) is 9.52. The van der Waals surface area contributed by atoms with Gasteiger partial charge in [0.25, 0.3) is 0 Å². The van der Waals surface area contributed by atoms with Crippen molar-refractivity contribution in [2.75, 3.05) is 19.6 Å². The maximum absolute atomic E-state index is 11.1. The molecule has 0 saturated carbocycles. The average molecular weight is 200 g/mol. The van der Waals surface area contributed by atoms with Crippen molar-refractivity contribution in [2.45, 2.75) is 40.0 Å². The van der Waals surface area contributed by atoms with Gasteiger partial charge < -0.3 is 10.6 Å². The van der Waals surface area contributed by atoms with Gasteiger partial charge in [-0.05, 0) is 25.3 Å². The lowest BCUT2D eigenvalue weighted by atomic mass is 10.1. The van der Waals surface area contributed by atoms with E-state index in [1.54, 1.807) is 0 Å². The Hall–Kier alpha value is -0.570. The first-order valence-corrected chi connectivity index (χ1v) is 5.64. The number of hydrogen-bond acceptors (Lipinski definition) is 2. The molecule has 0 spiro atoms. The second-order valence-corrected chi connectivity index (χ2v) is 4.03. The molecule has 0 aliphatic carbocycles. The van der Waals surface area contributed by atoms with Gasteiger partial charge in [0, 0.05) is 19.5 Å². The summed E-state index contributed by atoms with van der Waals surface area (Å²) in [5.74, 6) is 0.889. The Bertz CT molecular complexity index is 146. The Labute approximate surface area is 87.6 Å². The van der Waals surface area contributed by atoms with Gasteiger partial charge in [0.05, 0.1) is 0 Å². The Morgan fingerprint density at radius 1 is 1.21 bits per heavy atom. The summed E-state index contributed by atoms with van der Waals surface area (Å²) in [7, 11) is 0. The molecular formula is C11H24N2O. The lowest BCUT2D eigenvalue weighted by molar-refractivity contribution is -0.120. The first kappa shape index (κ1) is 13.4. The van der Waals surface area contributed by atoms with Crippen LogP contribution in [-0.4, -0.2) is 25.5 Å². The topological polar surface area (TPSA) is 41.1 Å². The molecule has 2 N–H and O–H groups in total. The van der Waals surface area contributed by atoms with E-state index in [0.717, 1.165) is 32.0 Å². The number of nitrogens with one attached hydrogen (secondary N) is 2. The Morgan fingerprint density at radius 3 is 2.50 bits per heavy atom. The Balaban J connectivity index is 3.15. The summed E-state index contributed by atoms with van der Waals surface area (Å²) in [6.07, 6.45) is 2.78. The van der Waals surface area contributed by atoms with Crippen LogP contribution in [0.1, 0.15) is 40.0 Å². The molecule has 0 bridgehead atoms. The molecule has 84 valence electrons. The molecule has 0 rings (SSSR count). The molecule has 14 heavy (non-hydrogen) atoms. The van der Waals surface area contributed by atoms with Crippen LogP contribution in [0.4, 0.5) is 0 Å². The highest BCUT2D eigenvalue weighted by atomic mass is 16.1. The Morgan fingerprint density at radius 2 is 1.93 bits per heavy atom. The van der Waals surface area contributed by atoms with Gasteiger partial charge in [0.1, 0.15) is 0 Å². The number of carbonyl (C=O) groups is 1. The van der Waals surface area contributed by atoms with Crippen molar-refractivity contribution in [3.8, 4) is 0 Å². The average Bonchev–Trinajstić information content (AvgIpc) is 2.13. The molecule has 0 aromatic carbocycles. The minimum Gasteiger partial charge on any atom is -0.356 e. The van der Waals surface area contributed by atoms with Gasteiger partial charge in [-0.1, -0.05) is 20.8 Å². The normalized spacial score (nSPS) is 10.6. The summed E-state index contributed by atoms with van der Waals surface area (Å²) in [4.78, 5) is 11.1. The van der Waals surface area contributed by atoms with E-state index in [0.29, 0.717) is 6.42 Å². The molecule has 1 amide bonds. The van der Waals surface area contributed by atoms with E-state index in [-0.39, 0.29) is 5.91 Å². The van der Waals surface area contributed by atoms with Gasteiger partial charge in [-0.15, -0.1) is 0 Å². The first-order valence-electron chi connectivity index (χ1n) is 5.64. The fourth-order valence-corrected chi connectivity index (χ4v) is 1.07. The van der Waals surface area contributed by atoms with Crippen LogP contribution in [-0.2, 0) is 4.79 Å². The monoisotopic (exact) mass is 200 g/mol. The van der Waals surface area contributed by atoms with Crippen molar-refractivity contribution in [2.24, 2.45) is 5.92 Å². The Kier molecular flexibility index (Phi) is 8.64. The summed E-state index contributed by atoms with van der Waals surface area (Å²) in [6.45, 7) is 9.07. The lowest BCUT2D eigenvalue weighted by Crippen LogP contribution is -2.28. The maximum Gasteiger partial charge on any atom is 0.221 e. The van der Waals surface area contributed by atoms with Gasteiger partial charge >= 0.3 is 0 Å². The third-order valence-electron chi connectivity index (χ3n) is 2.00. The highest BCUT2D eigenvalue weighted by molar-refractivity contribution is 5.75. The van der Waals surface area contributed by atoms with Crippen LogP contribution in [0.15, 0.2) is 0 Å². The zero-order valence-electron chi connectivity index (χ0n) is 9.73. The molecule has 0 radical (unpaired) electrons. The van der Waals surface area contributed by atoms with Gasteiger partial charge in [-0.2, -0.15) is 0 Å². The number of hydrogen-bond donors (Lipinski definition) is 2. The predicted octanol–water partition coefficient (Wildman–Crippen LogP) is 1.54. The van der Waals surface area contributed by atoms with E-state index in [9.17, 15) is 4.79 Å². The molecule has 0 unspecified atom stereocenters. The lowest BCUT2D eigenvalue weighted by Gasteiger charge is -2.07. The molecule has 0 aromatic rings. The fourth-order valence-electron chi connectivity index (χ4n) is 1.07. The van der Waals surface area contributed by atoms with Gasteiger partial charge in [-0.25, -0.2) is 0 Å². The molecule has 3 nitrogen and oxygen atoms in total. The number of rotatable bonds is 8. The second kappa shape index (κ2) is 9.00. The highest BCUT2D eigenvalue weighted by Crippen LogP contribution is 1.95. The highest BCUT2D eigenvalue weighted by Gasteiger charge is 1.99. The van der Waals surface area contributed by atoms with E-state index < -0.39 is 0 Å². The predicted molar refractivity (Wildman–Crippen MR) is 60.2 cm³/mol. The second-order valence-electron chi connectivity index (χ2n) is 4.03. The zero-order valence-corrected chi connectivity index (χ0v) is 9.73. The molecule has 0 aliphatic heterocycles. The third-order valence-corrected chi connectivity index (χ3v) is 2.00. The van der Waals surface area contributed by atoms with Gasteiger partial charge in [0.15, 0.2) is 0 Å². The molecule has 0 aliphatic rings. The summed E-state index contributed by atoms with van der Waals surface area (Å²) in [5, 5.41) is 6.12. The minimum atomic E-state index is 0.156. The van der Waals surface area contributed by atoms with Gasteiger partial charge in [-0.3, -0.25) is 4.79 Å². The van der Waals surface area contributed by atoms with Crippen LogP contribution in [0.5, 0.6) is 0 Å². The minimum absolute atomic E-state index is 0.156. The molecule has 0 fully saturated rings. The standard InChI is InChI=1S/C11H24N2O/c1-4-7-13-11(14)6-9-12-8-5-10(2)3/h10,12H,4-9H2,1-3H3,(H,13,14). The van der Waals surface area contributed by atoms with Crippen LogP contribution in [0.25, 0.3) is 0 Å². The quantitative estimate of drug-likeness (QED) is 0.584. The van der Waals surface area contributed by atoms with Gasteiger partial charge in [0.2, 0.25) is 5.91 Å². The maximum atomic E-state index is 11.1. The van der Waals surface area contributed by atoms with Crippen LogP contribution in [0, 0.1) is 5.92 Å². The van der Waals surface area contributed by atoms with E-state index in [1.165, 1.54) is 6.42 Å². The molecule has 0 heterocycles. The van der Waals surface area contributed by atoms with Crippen LogP contribution < -0.4 is 10.6 Å². The van der Waals surface area contributed by atoms with Crippen molar-refractivity contribution < 1.29 is 4.79 Å². The first-order chi connectivity index (χ1) is 6.66. The molecule has 3 heteroatoms. The summed E-state index contributed by atoms with van der Waals surface area (Å²) >= 11 is 0. The van der Waals surface area contributed by atoms with E-state index >= 15 is 0 Å². The zero-order chi connectivity index (χ0) is 10.8. The number of carbonyl (C=O) groups excluding carboxylic acids is 1. The summed E-state index contributed by atoms with van der Waals surface area (Å²) in [6, 6.07) is 0. The summed E-state index contributed by atoms with van der Waals surface area (Å²) < 4.78 is 0. The molecule has 0 atom stereocenters. The van der Waals surface area contributed by atoms with Crippen molar-refractivity contribution in [3.05, 3.63) is 0 Å². The largest absolute Gasteiger partial charge is 0.356 e. The smallest absolute Gasteiger partial charge is 0.221 e. The molecule has 0 saturated heterocycles. The van der Waals surface area contributed by atoms with Crippen molar-refractivity contribution in [1.82, 2.24) is 10.6 Å².